The van der Waals surface area contributed by atoms with Gasteiger partial charge >= 0.3 is 0 Å². The summed E-state index contributed by atoms with van der Waals surface area (Å²) in [6, 6.07) is 5.14. The van der Waals surface area contributed by atoms with E-state index in [1.165, 1.54) is 12.6 Å². The van der Waals surface area contributed by atoms with Crippen LogP contribution in [-0.2, 0) is 0 Å². The van der Waals surface area contributed by atoms with Crippen LogP contribution < -0.4 is 4.90 Å². The monoisotopic (exact) mass is 355 g/mol. The van der Waals surface area contributed by atoms with Crippen molar-refractivity contribution in [3.8, 4) is 0 Å². The van der Waals surface area contributed by atoms with Gasteiger partial charge < -0.3 is 19.1 Å². The minimum absolute atomic E-state index is 0.0298. The molecule has 0 spiro atoms. The van der Waals surface area contributed by atoms with Crippen molar-refractivity contribution in [2.45, 2.75) is 12.8 Å². The predicted octanol–water partition coefficient (Wildman–Crippen LogP) is 1.27. The number of hydrogen-bond donors (Lipinski definition) is 0. The van der Waals surface area contributed by atoms with Crippen molar-refractivity contribution < 1.29 is 14.0 Å². The van der Waals surface area contributed by atoms with Gasteiger partial charge in [-0.05, 0) is 25.0 Å². The Morgan fingerprint density at radius 2 is 1.65 bits per heavy atom. The van der Waals surface area contributed by atoms with Gasteiger partial charge in [0.15, 0.2) is 5.76 Å². The highest BCUT2D eigenvalue weighted by Crippen LogP contribution is 2.18. The van der Waals surface area contributed by atoms with Gasteiger partial charge in [0.25, 0.3) is 11.8 Å². The molecule has 4 heterocycles. The molecule has 26 heavy (non-hydrogen) atoms. The topological polar surface area (TPSA) is 82.8 Å². The van der Waals surface area contributed by atoms with Gasteiger partial charge in [-0.2, -0.15) is 0 Å². The molecule has 2 aromatic rings. The summed E-state index contributed by atoms with van der Waals surface area (Å²) in [6.45, 7) is 4.07. The van der Waals surface area contributed by atoms with Crippen LogP contribution in [-0.4, -0.2) is 70.9 Å². The summed E-state index contributed by atoms with van der Waals surface area (Å²) in [5, 5.41) is 0. The minimum atomic E-state index is -0.0952. The number of piperazine rings is 1. The number of amides is 2. The number of furan rings is 1. The summed E-state index contributed by atoms with van der Waals surface area (Å²) in [6.07, 6.45) is 5.05. The molecule has 2 fully saturated rings. The average molecular weight is 355 g/mol. The van der Waals surface area contributed by atoms with Gasteiger partial charge in [-0.15, -0.1) is 0 Å². The zero-order chi connectivity index (χ0) is 17.9. The number of hydrogen-bond acceptors (Lipinski definition) is 6. The maximum atomic E-state index is 12.5. The van der Waals surface area contributed by atoms with Crippen molar-refractivity contribution in [2.75, 3.05) is 44.2 Å². The molecule has 2 aliphatic heterocycles. The highest BCUT2D eigenvalue weighted by Gasteiger charge is 2.26. The minimum Gasteiger partial charge on any atom is -0.459 e. The Morgan fingerprint density at radius 3 is 2.35 bits per heavy atom. The lowest BCUT2D eigenvalue weighted by molar-refractivity contribution is 0.0714. The second-order valence-electron chi connectivity index (χ2n) is 6.52. The van der Waals surface area contributed by atoms with Gasteiger partial charge in [-0.3, -0.25) is 9.59 Å². The fourth-order valence-electron chi connectivity index (χ4n) is 3.41. The molecule has 0 bridgehead atoms. The first kappa shape index (κ1) is 16.6. The summed E-state index contributed by atoms with van der Waals surface area (Å²) in [5.41, 5.74) is 0.436. The molecule has 0 unspecified atom stereocenters. The molecule has 0 N–H and O–H groups in total. The van der Waals surface area contributed by atoms with E-state index in [4.69, 9.17) is 4.42 Å². The van der Waals surface area contributed by atoms with Crippen molar-refractivity contribution in [3.05, 3.63) is 42.2 Å². The van der Waals surface area contributed by atoms with Crippen LogP contribution in [0.4, 0.5) is 5.82 Å². The van der Waals surface area contributed by atoms with E-state index >= 15 is 0 Å². The second-order valence-corrected chi connectivity index (χ2v) is 6.52. The summed E-state index contributed by atoms with van der Waals surface area (Å²) in [7, 11) is 0. The van der Waals surface area contributed by atoms with E-state index in [0.29, 0.717) is 37.6 Å². The lowest BCUT2D eigenvalue weighted by Gasteiger charge is -2.35. The molecule has 2 saturated heterocycles. The molecule has 2 amide bonds. The lowest BCUT2D eigenvalue weighted by atomic mass is 10.2. The van der Waals surface area contributed by atoms with Crippen molar-refractivity contribution in [2.24, 2.45) is 0 Å². The number of carbonyl (C=O) groups excluding carboxylic acids is 2. The first-order valence-corrected chi connectivity index (χ1v) is 8.91. The van der Waals surface area contributed by atoms with E-state index in [9.17, 15) is 9.59 Å². The molecule has 4 rings (SSSR count). The third-order valence-electron chi connectivity index (χ3n) is 4.89. The quantitative estimate of drug-likeness (QED) is 0.825. The summed E-state index contributed by atoms with van der Waals surface area (Å²) >= 11 is 0. The highest BCUT2D eigenvalue weighted by atomic mass is 16.3. The van der Waals surface area contributed by atoms with E-state index in [1.807, 2.05) is 4.90 Å². The first-order chi connectivity index (χ1) is 12.7. The highest BCUT2D eigenvalue weighted by molar-refractivity contribution is 5.93. The molecule has 0 aromatic carbocycles. The van der Waals surface area contributed by atoms with Gasteiger partial charge in [0, 0.05) is 45.3 Å². The number of anilines is 1. The van der Waals surface area contributed by atoms with Crippen LogP contribution in [0.5, 0.6) is 0 Å². The van der Waals surface area contributed by atoms with Crippen molar-refractivity contribution >= 4 is 17.6 Å². The van der Waals surface area contributed by atoms with Crippen LogP contribution in [0.25, 0.3) is 0 Å². The lowest BCUT2D eigenvalue weighted by Crippen LogP contribution is -2.49. The third kappa shape index (κ3) is 3.26. The number of rotatable bonds is 3. The van der Waals surface area contributed by atoms with E-state index in [0.717, 1.165) is 31.7 Å². The maximum Gasteiger partial charge on any atom is 0.289 e. The predicted molar refractivity (Wildman–Crippen MR) is 94.0 cm³/mol. The van der Waals surface area contributed by atoms with Gasteiger partial charge in [-0.25, -0.2) is 9.97 Å². The van der Waals surface area contributed by atoms with Crippen LogP contribution in [0.1, 0.15) is 33.9 Å². The smallest absolute Gasteiger partial charge is 0.289 e. The van der Waals surface area contributed by atoms with Crippen LogP contribution in [0.3, 0.4) is 0 Å². The van der Waals surface area contributed by atoms with Crippen molar-refractivity contribution in [1.29, 1.82) is 0 Å². The fraction of sp³-hybridized carbons (Fsp3) is 0.444. The molecule has 2 aromatic heterocycles. The standard InChI is InChI=1S/C18H21N5O3/c24-17(22-5-1-2-6-22)14-12-16(20-13-19-14)21-7-9-23(10-8-21)18(25)15-4-3-11-26-15/h3-4,11-13H,1-2,5-10H2. The third-order valence-corrected chi connectivity index (χ3v) is 4.89. The summed E-state index contributed by atoms with van der Waals surface area (Å²) < 4.78 is 5.18. The Labute approximate surface area is 151 Å². The number of likely N-dealkylation sites (tertiary alicyclic amines) is 1. The second kappa shape index (κ2) is 7.15. The average Bonchev–Trinajstić information content (AvgIpc) is 3.41. The Bertz CT molecular complexity index is 778. The molecule has 2 aliphatic rings. The Balaban J connectivity index is 1.40. The summed E-state index contributed by atoms with van der Waals surface area (Å²) in [4.78, 5) is 39.0. The van der Waals surface area contributed by atoms with Crippen LogP contribution in [0, 0.1) is 0 Å². The van der Waals surface area contributed by atoms with Gasteiger partial charge in [0.05, 0.1) is 6.26 Å². The first-order valence-electron chi connectivity index (χ1n) is 8.91. The zero-order valence-corrected chi connectivity index (χ0v) is 14.5. The molecule has 136 valence electrons. The molecule has 8 nitrogen and oxygen atoms in total. The molecule has 0 atom stereocenters. The van der Waals surface area contributed by atoms with E-state index in [-0.39, 0.29) is 11.8 Å². The van der Waals surface area contributed by atoms with Gasteiger partial charge in [-0.1, -0.05) is 0 Å². The van der Waals surface area contributed by atoms with Crippen LogP contribution in [0.15, 0.2) is 35.2 Å². The number of aromatic nitrogens is 2. The molecular formula is C18H21N5O3. The van der Waals surface area contributed by atoms with Crippen molar-refractivity contribution in [3.63, 3.8) is 0 Å². The zero-order valence-electron chi connectivity index (χ0n) is 14.5. The summed E-state index contributed by atoms with van der Waals surface area (Å²) in [5.74, 6) is 0.964. The molecule has 8 heteroatoms. The number of carbonyl (C=O) groups is 2. The normalized spacial score (nSPS) is 17.6. The Kier molecular flexibility index (Phi) is 4.55. The fourth-order valence-corrected chi connectivity index (χ4v) is 3.41. The number of nitrogens with zero attached hydrogens (tertiary/aromatic N) is 5. The van der Waals surface area contributed by atoms with Crippen molar-refractivity contribution in [1.82, 2.24) is 19.8 Å². The SMILES string of the molecule is O=C(c1cc(N2CCN(C(=O)c3ccco3)CC2)ncn1)N1CCCC1. The largest absolute Gasteiger partial charge is 0.459 e. The maximum absolute atomic E-state index is 12.5. The molecule has 0 saturated carbocycles. The Hall–Kier alpha value is -2.90. The van der Waals surface area contributed by atoms with Crippen LogP contribution in [0.2, 0.25) is 0 Å². The van der Waals surface area contributed by atoms with E-state index in [2.05, 4.69) is 14.9 Å². The van der Waals surface area contributed by atoms with Gasteiger partial charge in [0.2, 0.25) is 0 Å². The van der Waals surface area contributed by atoms with E-state index < -0.39 is 0 Å². The Morgan fingerprint density at radius 1 is 0.923 bits per heavy atom. The molecule has 0 radical (unpaired) electrons. The van der Waals surface area contributed by atoms with Gasteiger partial charge in [0.1, 0.15) is 17.8 Å². The molecular weight excluding hydrogens is 334 g/mol. The van der Waals surface area contributed by atoms with E-state index in [1.54, 1.807) is 23.1 Å². The molecule has 0 aliphatic carbocycles. The van der Waals surface area contributed by atoms with Crippen LogP contribution >= 0.6 is 0 Å².